The first-order valence-electron chi connectivity index (χ1n) is 6.27. The van der Waals surface area contributed by atoms with Crippen LogP contribution in [0.1, 0.15) is 25.7 Å². The maximum absolute atomic E-state index is 11.3. The third kappa shape index (κ3) is 3.60. The fraction of sp³-hybridized carbons (Fsp3) is 0.429. The lowest BCUT2D eigenvalue weighted by Crippen LogP contribution is -2.03. The quantitative estimate of drug-likeness (QED) is 0.832. The van der Waals surface area contributed by atoms with Crippen LogP contribution in [0.25, 0.3) is 0 Å². The Balaban J connectivity index is 1.86. The van der Waals surface area contributed by atoms with Crippen molar-refractivity contribution in [1.82, 2.24) is 0 Å². The molecule has 1 aromatic carbocycles. The molecule has 1 aliphatic rings. The number of benzene rings is 1. The van der Waals surface area contributed by atoms with Crippen LogP contribution in [0.2, 0.25) is 0 Å². The first-order valence-corrected chi connectivity index (χ1v) is 8.17. The van der Waals surface area contributed by atoms with Gasteiger partial charge in [-0.3, -0.25) is 0 Å². The standard InChI is InChI=1S/C14H19NO2S/c1-18(16,17)14-8-6-13(7-9-14)15-11-10-12-4-2-3-5-12/h4,6-9,15H,2-3,5,10-11H2,1H3. The van der Waals surface area contributed by atoms with Crippen LogP contribution in [0.5, 0.6) is 0 Å². The molecule has 0 spiro atoms. The topological polar surface area (TPSA) is 46.2 Å². The molecule has 0 radical (unpaired) electrons. The van der Waals surface area contributed by atoms with Crippen molar-refractivity contribution in [1.29, 1.82) is 0 Å². The number of hydrogen-bond acceptors (Lipinski definition) is 3. The van der Waals surface area contributed by atoms with Crippen LogP contribution in [0, 0.1) is 0 Å². The Kier molecular flexibility index (Phi) is 4.07. The second-order valence-corrected chi connectivity index (χ2v) is 6.74. The second kappa shape index (κ2) is 5.57. The fourth-order valence-electron chi connectivity index (χ4n) is 2.15. The Hall–Kier alpha value is -1.29. The third-order valence-corrected chi connectivity index (χ3v) is 4.32. The van der Waals surface area contributed by atoms with Crippen molar-refractivity contribution in [3.63, 3.8) is 0 Å². The molecule has 0 heterocycles. The lowest BCUT2D eigenvalue weighted by atomic mass is 10.1. The summed E-state index contributed by atoms with van der Waals surface area (Å²) in [5.41, 5.74) is 2.51. The van der Waals surface area contributed by atoms with Gasteiger partial charge in [-0.15, -0.1) is 0 Å². The first-order chi connectivity index (χ1) is 8.55. The molecule has 4 heteroatoms. The van der Waals surface area contributed by atoms with Gasteiger partial charge in [0, 0.05) is 18.5 Å². The van der Waals surface area contributed by atoms with Gasteiger partial charge in [0.1, 0.15) is 0 Å². The van der Waals surface area contributed by atoms with Gasteiger partial charge in [0.15, 0.2) is 9.84 Å². The third-order valence-electron chi connectivity index (χ3n) is 3.19. The fourth-order valence-corrected chi connectivity index (χ4v) is 2.78. The number of hydrogen-bond donors (Lipinski definition) is 1. The van der Waals surface area contributed by atoms with Crippen LogP contribution in [-0.2, 0) is 9.84 Å². The molecular formula is C14H19NO2S. The van der Waals surface area contributed by atoms with E-state index in [0.29, 0.717) is 4.90 Å². The van der Waals surface area contributed by atoms with Gasteiger partial charge < -0.3 is 5.32 Å². The highest BCUT2D eigenvalue weighted by molar-refractivity contribution is 7.90. The van der Waals surface area contributed by atoms with Gasteiger partial charge in [-0.1, -0.05) is 11.6 Å². The van der Waals surface area contributed by atoms with Crippen molar-refractivity contribution in [2.24, 2.45) is 0 Å². The number of rotatable bonds is 5. The number of sulfone groups is 1. The maximum atomic E-state index is 11.3. The van der Waals surface area contributed by atoms with Crippen LogP contribution < -0.4 is 5.32 Å². The first kappa shape index (κ1) is 13.1. The molecule has 3 nitrogen and oxygen atoms in total. The molecule has 0 amide bonds. The number of allylic oxidation sites excluding steroid dienone is 1. The number of anilines is 1. The van der Waals surface area contributed by atoms with Crippen molar-refractivity contribution in [3.05, 3.63) is 35.9 Å². The molecule has 98 valence electrons. The van der Waals surface area contributed by atoms with E-state index in [1.54, 1.807) is 12.1 Å². The molecule has 1 aliphatic carbocycles. The zero-order valence-electron chi connectivity index (χ0n) is 10.6. The molecule has 0 fully saturated rings. The van der Waals surface area contributed by atoms with Gasteiger partial charge in [0.05, 0.1) is 4.90 Å². The van der Waals surface area contributed by atoms with Crippen molar-refractivity contribution in [2.45, 2.75) is 30.6 Å². The molecule has 0 saturated carbocycles. The largest absolute Gasteiger partial charge is 0.385 e. The van der Waals surface area contributed by atoms with E-state index in [9.17, 15) is 8.42 Å². The Morgan fingerprint density at radius 2 is 1.94 bits per heavy atom. The summed E-state index contributed by atoms with van der Waals surface area (Å²) in [5, 5.41) is 3.31. The molecule has 18 heavy (non-hydrogen) atoms. The molecule has 0 bridgehead atoms. The van der Waals surface area contributed by atoms with Gasteiger partial charge in [-0.05, 0) is 49.9 Å². The van der Waals surface area contributed by atoms with Gasteiger partial charge >= 0.3 is 0 Å². The normalized spacial score (nSPS) is 15.5. The van der Waals surface area contributed by atoms with E-state index in [0.717, 1.165) is 18.7 Å². The minimum Gasteiger partial charge on any atom is -0.385 e. The second-order valence-electron chi connectivity index (χ2n) is 4.73. The minimum absolute atomic E-state index is 0.367. The van der Waals surface area contributed by atoms with Gasteiger partial charge in [0.25, 0.3) is 0 Å². The van der Waals surface area contributed by atoms with Gasteiger partial charge in [0.2, 0.25) is 0 Å². The average Bonchev–Trinajstić information content (AvgIpc) is 2.82. The van der Waals surface area contributed by atoms with E-state index < -0.39 is 9.84 Å². The van der Waals surface area contributed by atoms with Crippen molar-refractivity contribution in [3.8, 4) is 0 Å². The summed E-state index contributed by atoms with van der Waals surface area (Å²) in [6.45, 7) is 0.907. The summed E-state index contributed by atoms with van der Waals surface area (Å²) in [6, 6.07) is 6.93. The highest BCUT2D eigenvalue weighted by atomic mass is 32.2. The van der Waals surface area contributed by atoms with E-state index in [1.165, 1.54) is 31.1 Å². The van der Waals surface area contributed by atoms with Crippen LogP contribution in [0.4, 0.5) is 5.69 Å². The highest BCUT2D eigenvalue weighted by Crippen LogP contribution is 2.20. The molecule has 1 N–H and O–H groups in total. The molecular weight excluding hydrogens is 246 g/mol. The zero-order chi connectivity index (χ0) is 13.0. The van der Waals surface area contributed by atoms with E-state index in [4.69, 9.17) is 0 Å². The Labute approximate surface area is 109 Å². The predicted molar refractivity (Wildman–Crippen MR) is 74.6 cm³/mol. The van der Waals surface area contributed by atoms with Gasteiger partial charge in [-0.2, -0.15) is 0 Å². The summed E-state index contributed by atoms with van der Waals surface area (Å²) >= 11 is 0. The molecule has 0 unspecified atom stereocenters. The van der Waals surface area contributed by atoms with E-state index in [1.807, 2.05) is 12.1 Å². The lowest BCUT2D eigenvalue weighted by Gasteiger charge is -2.07. The Morgan fingerprint density at radius 1 is 1.22 bits per heavy atom. The SMILES string of the molecule is CS(=O)(=O)c1ccc(NCCC2=CCCC2)cc1. The molecule has 0 saturated heterocycles. The van der Waals surface area contributed by atoms with Crippen molar-refractivity contribution in [2.75, 3.05) is 18.1 Å². The molecule has 1 aromatic rings. The summed E-state index contributed by atoms with van der Waals surface area (Å²) in [5.74, 6) is 0. The zero-order valence-corrected chi connectivity index (χ0v) is 11.5. The molecule has 0 aromatic heterocycles. The van der Waals surface area contributed by atoms with E-state index in [-0.39, 0.29) is 0 Å². The average molecular weight is 265 g/mol. The summed E-state index contributed by atoms with van der Waals surface area (Å²) in [6.07, 6.45) is 8.37. The van der Waals surface area contributed by atoms with Crippen LogP contribution >= 0.6 is 0 Å². The highest BCUT2D eigenvalue weighted by Gasteiger charge is 2.06. The maximum Gasteiger partial charge on any atom is 0.175 e. The molecule has 0 aliphatic heterocycles. The minimum atomic E-state index is -3.09. The van der Waals surface area contributed by atoms with Gasteiger partial charge in [-0.25, -0.2) is 8.42 Å². The number of nitrogens with one attached hydrogen (secondary N) is 1. The summed E-state index contributed by atoms with van der Waals surface area (Å²) in [4.78, 5) is 0.367. The van der Waals surface area contributed by atoms with Crippen LogP contribution in [-0.4, -0.2) is 21.2 Å². The predicted octanol–water partition coefficient (Wildman–Crippen LogP) is 3.00. The Bertz CT molecular complexity index is 529. The van der Waals surface area contributed by atoms with Crippen LogP contribution in [0.3, 0.4) is 0 Å². The molecule has 2 rings (SSSR count). The Morgan fingerprint density at radius 3 is 2.50 bits per heavy atom. The monoisotopic (exact) mass is 265 g/mol. The van der Waals surface area contributed by atoms with E-state index >= 15 is 0 Å². The lowest BCUT2D eigenvalue weighted by molar-refractivity contribution is 0.602. The smallest absolute Gasteiger partial charge is 0.175 e. The van der Waals surface area contributed by atoms with Crippen molar-refractivity contribution < 1.29 is 8.42 Å². The summed E-state index contributed by atoms with van der Waals surface area (Å²) in [7, 11) is -3.09. The summed E-state index contributed by atoms with van der Waals surface area (Å²) < 4.78 is 22.6. The van der Waals surface area contributed by atoms with Crippen molar-refractivity contribution >= 4 is 15.5 Å². The van der Waals surface area contributed by atoms with E-state index in [2.05, 4.69) is 11.4 Å². The molecule has 0 atom stereocenters. The van der Waals surface area contributed by atoms with Crippen LogP contribution in [0.15, 0.2) is 40.8 Å².